The predicted octanol–water partition coefficient (Wildman–Crippen LogP) is 1.24. The number of rotatable bonds is 14. The van der Waals surface area contributed by atoms with Crippen LogP contribution < -0.4 is 10.6 Å². The van der Waals surface area contributed by atoms with E-state index in [9.17, 15) is 19.2 Å². The first kappa shape index (κ1) is 23.6. The SMILES string of the molecule is CCCCCNC(=O)COC(=O)/C=C/C(=O)OCC(=O)NCCCCC. The van der Waals surface area contributed by atoms with Crippen LogP contribution in [0.4, 0.5) is 0 Å². The molecule has 8 heteroatoms. The lowest BCUT2D eigenvalue weighted by Crippen LogP contribution is -2.29. The van der Waals surface area contributed by atoms with Crippen LogP contribution in [0.2, 0.25) is 0 Å². The van der Waals surface area contributed by atoms with Gasteiger partial charge >= 0.3 is 11.9 Å². The molecule has 26 heavy (non-hydrogen) atoms. The van der Waals surface area contributed by atoms with E-state index in [1.807, 2.05) is 0 Å². The number of amides is 2. The molecule has 0 aromatic rings. The molecule has 0 saturated carbocycles. The number of carbonyl (C=O) groups excluding carboxylic acids is 4. The minimum absolute atomic E-state index is 0.398. The lowest BCUT2D eigenvalue weighted by molar-refractivity contribution is -0.145. The molecule has 0 aliphatic carbocycles. The van der Waals surface area contributed by atoms with Crippen molar-refractivity contribution in [2.75, 3.05) is 26.3 Å². The van der Waals surface area contributed by atoms with Crippen LogP contribution in [0, 0.1) is 0 Å². The van der Waals surface area contributed by atoms with Gasteiger partial charge in [0, 0.05) is 25.2 Å². The number of unbranched alkanes of at least 4 members (excludes halogenated alkanes) is 4. The third-order valence-electron chi connectivity index (χ3n) is 3.25. The molecule has 0 unspecified atom stereocenters. The third-order valence-corrected chi connectivity index (χ3v) is 3.25. The van der Waals surface area contributed by atoms with Crippen molar-refractivity contribution < 1.29 is 28.7 Å². The van der Waals surface area contributed by atoms with Crippen LogP contribution in [0.5, 0.6) is 0 Å². The Labute approximate surface area is 154 Å². The summed E-state index contributed by atoms with van der Waals surface area (Å²) in [4.78, 5) is 45.6. The molecule has 0 atom stereocenters. The molecule has 0 spiro atoms. The number of nitrogens with one attached hydrogen (secondary N) is 2. The molecule has 148 valence electrons. The van der Waals surface area contributed by atoms with Gasteiger partial charge in [-0.15, -0.1) is 0 Å². The Morgan fingerprint density at radius 3 is 1.42 bits per heavy atom. The normalized spacial score (nSPS) is 10.4. The van der Waals surface area contributed by atoms with E-state index in [1.54, 1.807) is 0 Å². The maximum Gasteiger partial charge on any atom is 0.331 e. The van der Waals surface area contributed by atoms with Crippen LogP contribution in [-0.2, 0) is 28.7 Å². The summed E-state index contributed by atoms with van der Waals surface area (Å²) in [6, 6.07) is 0. The van der Waals surface area contributed by atoms with Crippen molar-refractivity contribution in [1.29, 1.82) is 0 Å². The molecule has 0 radical (unpaired) electrons. The zero-order valence-electron chi connectivity index (χ0n) is 15.7. The van der Waals surface area contributed by atoms with Crippen LogP contribution >= 0.6 is 0 Å². The van der Waals surface area contributed by atoms with Crippen LogP contribution in [0.15, 0.2) is 12.2 Å². The molecular formula is C18H30N2O6. The second kappa shape index (κ2) is 16.1. The molecule has 0 fully saturated rings. The van der Waals surface area contributed by atoms with Gasteiger partial charge in [-0.05, 0) is 12.8 Å². The highest BCUT2D eigenvalue weighted by molar-refractivity contribution is 5.93. The molecule has 0 rings (SSSR count). The monoisotopic (exact) mass is 370 g/mol. The van der Waals surface area contributed by atoms with E-state index in [1.165, 1.54) is 0 Å². The minimum atomic E-state index is -0.838. The molecule has 0 saturated heterocycles. The molecule has 0 aliphatic rings. The summed E-state index contributed by atoms with van der Waals surface area (Å²) in [6.45, 7) is 4.36. The maximum absolute atomic E-state index is 11.4. The van der Waals surface area contributed by atoms with Crippen LogP contribution in [0.3, 0.4) is 0 Å². The zero-order chi connectivity index (χ0) is 19.6. The second-order valence-corrected chi connectivity index (χ2v) is 5.66. The van der Waals surface area contributed by atoms with Crippen LogP contribution in [0.1, 0.15) is 52.4 Å². The summed E-state index contributed by atoms with van der Waals surface area (Å²) < 4.78 is 9.38. The van der Waals surface area contributed by atoms with Gasteiger partial charge in [-0.3, -0.25) is 9.59 Å². The van der Waals surface area contributed by atoms with E-state index < -0.39 is 37.0 Å². The summed E-state index contributed by atoms with van der Waals surface area (Å²) in [5.41, 5.74) is 0. The molecule has 2 N–H and O–H groups in total. The van der Waals surface area contributed by atoms with E-state index >= 15 is 0 Å². The predicted molar refractivity (Wildman–Crippen MR) is 96.1 cm³/mol. The van der Waals surface area contributed by atoms with Crippen molar-refractivity contribution in [3.8, 4) is 0 Å². The van der Waals surface area contributed by atoms with Gasteiger partial charge in [0.15, 0.2) is 13.2 Å². The fourth-order valence-electron chi connectivity index (χ4n) is 1.81. The number of hydrogen-bond donors (Lipinski definition) is 2. The molecule has 8 nitrogen and oxygen atoms in total. The highest BCUT2D eigenvalue weighted by atomic mass is 16.5. The van der Waals surface area contributed by atoms with Gasteiger partial charge in [0.05, 0.1) is 0 Å². The number of ether oxygens (including phenoxy) is 2. The molecule has 0 aromatic heterocycles. The Kier molecular flexibility index (Phi) is 14.6. The molecule has 0 aliphatic heterocycles. The first-order valence-electron chi connectivity index (χ1n) is 9.04. The zero-order valence-corrected chi connectivity index (χ0v) is 15.7. The molecule has 0 bridgehead atoms. The Balaban J connectivity index is 3.82. The van der Waals surface area contributed by atoms with Crippen molar-refractivity contribution in [1.82, 2.24) is 10.6 Å². The van der Waals surface area contributed by atoms with E-state index in [0.29, 0.717) is 13.1 Å². The number of esters is 2. The first-order valence-corrected chi connectivity index (χ1v) is 9.04. The van der Waals surface area contributed by atoms with Gasteiger partial charge in [-0.25, -0.2) is 9.59 Å². The summed E-state index contributed by atoms with van der Waals surface area (Å²) >= 11 is 0. The van der Waals surface area contributed by atoms with E-state index in [-0.39, 0.29) is 0 Å². The topological polar surface area (TPSA) is 111 Å². The highest BCUT2D eigenvalue weighted by Gasteiger charge is 2.07. The second-order valence-electron chi connectivity index (χ2n) is 5.66. The lowest BCUT2D eigenvalue weighted by Gasteiger charge is -2.05. The van der Waals surface area contributed by atoms with E-state index in [2.05, 4.69) is 34.0 Å². The smallest absolute Gasteiger partial charge is 0.331 e. The van der Waals surface area contributed by atoms with Gasteiger partial charge in [-0.1, -0.05) is 39.5 Å². The van der Waals surface area contributed by atoms with Gasteiger partial charge in [0.2, 0.25) is 0 Å². The van der Waals surface area contributed by atoms with Crippen molar-refractivity contribution in [2.45, 2.75) is 52.4 Å². The average molecular weight is 370 g/mol. The summed E-state index contributed by atoms with van der Waals surface area (Å²) in [5, 5.41) is 5.24. The fourth-order valence-corrected chi connectivity index (χ4v) is 1.81. The van der Waals surface area contributed by atoms with Crippen molar-refractivity contribution >= 4 is 23.8 Å². The molecular weight excluding hydrogens is 340 g/mol. The molecule has 0 aromatic carbocycles. The average Bonchev–Trinajstić information content (AvgIpc) is 2.63. The van der Waals surface area contributed by atoms with Gasteiger partial charge in [0.1, 0.15) is 0 Å². The Bertz CT molecular complexity index is 434. The van der Waals surface area contributed by atoms with Crippen molar-refractivity contribution in [3.05, 3.63) is 12.2 Å². The van der Waals surface area contributed by atoms with Gasteiger partial charge in [0.25, 0.3) is 11.8 Å². The first-order chi connectivity index (χ1) is 12.5. The highest BCUT2D eigenvalue weighted by Crippen LogP contribution is 1.92. The van der Waals surface area contributed by atoms with E-state index in [0.717, 1.165) is 50.7 Å². The quantitative estimate of drug-likeness (QED) is 0.270. The van der Waals surface area contributed by atoms with Crippen LogP contribution in [0.25, 0.3) is 0 Å². The van der Waals surface area contributed by atoms with Gasteiger partial charge in [-0.2, -0.15) is 0 Å². The Morgan fingerprint density at radius 2 is 1.08 bits per heavy atom. The molecule has 0 heterocycles. The van der Waals surface area contributed by atoms with Crippen molar-refractivity contribution in [2.24, 2.45) is 0 Å². The van der Waals surface area contributed by atoms with Gasteiger partial charge < -0.3 is 20.1 Å². The summed E-state index contributed by atoms with van der Waals surface area (Å²) in [7, 11) is 0. The largest absolute Gasteiger partial charge is 0.452 e. The maximum atomic E-state index is 11.4. The van der Waals surface area contributed by atoms with Crippen molar-refractivity contribution in [3.63, 3.8) is 0 Å². The van der Waals surface area contributed by atoms with E-state index in [4.69, 9.17) is 0 Å². The standard InChI is InChI=1S/C18H30N2O6/c1-3-5-7-11-19-15(21)13-25-17(23)9-10-18(24)26-14-16(22)20-12-8-6-4-2/h9-10H,3-8,11-14H2,1-2H3,(H,19,21)(H,20,22)/b10-9+. The van der Waals surface area contributed by atoms with Crippen LogP contribution in [-0.4, -0.2) is 50.1 Å². The third kappa shape index (κ3) is 15.2. The lowest BCUT2D eigenvalue weighted by atomic mass is 10.2. The number of carbonyl (C=O) groups is 4. The Hall–Kier alpha value is -2.38. The number of hydrogen-bond acceptors (Lipinski definition) is 6. The Morgan fingerprint density at radius 1 is 0.692 bits per heavy atom. The molecule has 2 amide bonds. The summed E-state index contributed by atoms with van der Waals surface area (Å²) in [5.74, 6) is -2.47. The fraction of sp³-hybridized carbons (Fsp3) is 0.667. The summed E-state index contributed by atoms with van der Waals surface area (Å²) in [6.07, 6.45) is 7.57. The minimum Gasteiger partial charge on any atom is -0.452 e.